The number of aromatic nitrogens is 2. The molecule has 1 heterocycles. The number of rotatable bonds is 8. The van der Waals surface area contributed by atoms with Gasteiger partial charge in [-0.25, -0.2) is 9.97 Å². The number of nitrogens with zero attached hydrogens (tertiary/aromatic N) is 2. The Bertz CT molecular complexity index is 404. The van der Waals surface area contributed by atoms with E-state index in [1.165, 1.54) is 0 Å². The molecule has 0 aliphatic heterocycles. The van der Waals surface area contributed by atoms with E-state index in [9.17, 15) is 4.21 Å². The van der Waals surface area contributed by atoms with Crippen LogP contribution in [0.4, 0.5) is 11.6 Å². The summed E-state index contributed by atoms with van der Waals surface area (Å²) in [5.41, 5.74) is 0. The van der Waals surface area contributed by atoms with Crippen molar-refractivity contribution in [3.05, 3.63) is 11.9 Å². The Balaban J connectivity index is 2.77. The van der Waals surface area contributed by atoms with Crippen molar-refractivity contribution in [3.63, 3.8) is 0 Å². The molecule has 0 radical (unpaired) electrons. The summed E-state index contributed by atoms with van der Waals surface area (Å²) in [4.78, 5) is 8.68. The van der Waals surface area contributed by atoms with E-state index in [1.54, 1.807) is 13.4 Å². The molecule has 6 nitrogen and oxygen atoms in total. The van der Waals surface area contributed by atoms with Crippen molar-refractivity contribution in [2.75, 3.05) is 37.1 Å². The molecule has 0 spiro atoms. The minimum atomic E-state index is -0.848. The lowest BCUT2D eigenvalue weighted by Crippen LogP contribution is -2.21. The Morgan fingerprint density at radius 1 is 1.37 bits per heavy atom. The van der Waals surface area contributed by atoms with Crippen molar-refractivity contribution in [2.45, 2.75) is 25.7 Å². The first-order chi connectivity index (χ1) is 9.06. The zero-order valence-corrected chi connectivity index (χ0v) is 12.7. The number of ether oxygens (including phenoxy) is 1. The van der Waals surface area contributed by atoms with Crippen LogP contribution in [0.25, 0.3) is 0 Å². The van der Waals surface area contributed by atoms with Crippen LogP contribution in [0.3, 0.4) is 0 Å². The summed E-state index contributed by atoms with van der Waals surface area (Å²) in [5, 5.41) is 6.41. The lowest BCUT2D eigenvalue weighted by molar-refractivity contribution is 0.178. The van der Waals surface area contributed by atoms with E-state index in [1.807, 2.05) is 19.9 Å². The number of hydrogen-bond acceptors (Lipinski definition) is 6. The van der Waals surface area contributed by atoms with Gasteiger partial charge in [-0.1, -0.05) is 0 Å². The zero-order chi connectivity index (χ0) is 14.3. The molecule has 1 rings (SSSR count). The highest BCUT2D eigenvalue weighted by atomic mass is 32.2. The van der Waals surface area contributed by atoms with Crippen LogP contribution >= 0.6 is 0 Å². The van der Waals surface area contributed by atoms with E-state index in [-0.39, 0.29) is 5.25 Å². The highest BCUT2D eigenvalue weighted by Crippen LogP contribution is 2.12. The number of hydrogen-bond donors (Lipinski definition) is 2. The quantitative estimate of drug-likeness (QED) is 0.748. The van der Waals surface area contributed by atoms with Gasteiger partial charge < -0.3 is 15.4 Å². The first-order valence-corrected chi connectivity index (χ1v) is 7.85. The van der Waals surface area contributed by atoms with Crippen LogP contribution in [0.5, 0.6) is 0 Å². The van der Waals surface area contributed by atoms with Gasteiger partial charge in [-0.2, -0.15) is 0 Å². The highest BCUT2D eigenvalue weighted by Gasteiger charge is 2.08. The fourth-order valence-electron chi connectivity index (χ4n) is 1.42. The van der Waals surface area contributed by atoms with Crippen molar-refractivity contribution in [1.82, 2.24) is 9.97 Å². The molecule has 0 saturated heterocycles. The Labute approximate surface area is 116 Å². The van der Waals surface area contributed by atoms with Crippen molar-refractivity contribution >= 4 is 22.4 Å². The van der Waals surface area contributed by atoms with Gasteiger partial charge >= 0.3 is 0 Å². The zero-order valence-electron chi connectivity index (χ0n) is 11.9. The molecule has 108 valence electrons. The van der Waals surface area contributed by atoms with Crippen LogP contribution < -0.4 is 10.6 Å². The van der Waals surface area contributed by atoms with Crippen LogP contribution in [0.2, 0.25) is 0 Å². The van der Waals surface area contributed by atoms with Gasteiger partial charge in [0, 0.05) is 48.6 Å². The largest absolute Gasteiger partial charge is 0.377 e. The summed E-state index contributed by atoms with van der Waals surface area (Å²) in [5.74, 6) is 2.10. The van der Waals surface area contributed by atoms with Gasteiger partial charge in [0.15, 0.2) is 5.82 Å². The van der Waals surface area contributed by atoms with Crippen LogP contribution in [0.1, 0.15) is 19.7 Å². The van der Waals surface area contributed by atoms with Crippen molar-refractivity contribution in [1.29, 1.82) is 0 Å². The molecule has 0 saturated carbocycles. The molecule has 2 atom stereocenters. The molecule has 0 aromatic carbocycles. The van der Waals surface area contributed by atoms with E-state index in [2.05, 4.69) is 20.6 Å². The molecular formula is C12H22N4O2S. The van der Waals surface area contributed by atoms with Gasteiger partial charge in [0.25, 0.3) is 0 Å². The van der Waals surface area contributed by atoms with E-state index in [0.717, 1.165) is 18.2 Å². The standard InChI is InChI=1S/C12H22N4O2S/c1-5-13-10-6-11(14-7-9(2)19(4)17)16-12(15-10)8-18-3/h6,9H,5,7-8H2,1-4H3,(H2,13,14,15,16). The van der Waals surface area contributed by atoms with Crippen LogP contribution in [0, 0.1) is 0 Å². The lowest BCUT2D eigenvalue weighted by atomic mass is 10.4. The van der Waals surface area contributed by atoms with Gasteiger partial charge in [0.05, 0.1) is 0 Å². The van der Waals surface area contributed by atoms with Gasteiger partial charge in [-0.05, 0) is 13.8 Å². The summed E-state index contributed by atoms with van der Waals surface area (Å²) in [6.07, 6.45) is 1.70. The average molecular weight is 286 g/mol. The molecule has 7 heteroatoms. The third-order valence-electron chi connectivity index (χ3n) is 2.54. The number of anilines is 2. The SMILES string of the molecule is CCNc1cc(NCC(C)S(C)=O)nc(COC)n1. The molecule has 0 fully saturated rings. The van der Waals surface area contributed by atoms with Gasteiger partial charge in [-0.3, -0.25) is 4.21 Å². The predicted molar refractivity (Wildman–Crippen MR) is 78.9 cm³/mol. The normalized spacial score (nSPS) is 13.9. The summed E-state index contributed by atoms with van der Waals surface area (Å²) >= 11 is 0. The number of nitrogens with one attached hydrogen (secondary N) is 2. The summed E-state index contributed by atoms with van der Waals surface area (Å²) in [7, 11) is 0.762. The van der Waals surface area contributed by atoms with E-state index < -0.39 is 10.8 Å². The maximum absolute atomic E-state index is 11.3. The topological polar surface area (TPSA) is 76.1 Å². The Morgan fingerprint density at radius 3 is 2.53 bits per heavy atom. The molecule has 2 N–H and O–H groups in total. The third-order valence-corrected chi connectivity index (χ3v) is 3.84. The Morgan fingerprint density at radius 2 is 2.00 bits per heavy atom. The van der Waals surface area contributed by atoms with Gasteiger partial charge in [0.1, 0.15) is 18.2 Å². The van der Waals surface area contributed by atoms with Crippen molar-refractivity contribution in [3.8, 4) is 0 Å². The first-order valence-electron chi connectivity index (χ1n) is 6.23. The second-order valence-electron chi connectivity index (χ2n) is 4.21. The maximum atomic E-state index is 11.3. The molecule has 0 amide bonds. The summed E-state index contributed by atoms with van der Waals surface area (Å²) < 4.78 is 16.4. The molecular weight excluding hydrogens is 264 g/mol. The van der Waals surface area contributed by atoms with Crippen molar-refractivity contribution in [2.24, 2.45) is 0 Å². The molecule has 1 aromatic heterocycles. The predicted octanol–water partition coefficient (Wildman–Crippen LogP) is 1.23. The third kappa shape index (κ3) is 5.52. The number of methoxy groups -OCH3 is 1. The minimum Gasteiger partial charge on any atom is -0.377 e. The fraction of sp³-hybridized carbons (Fsp3) is 0.667. The summed E-state index contributed by atoms with van der Waals surface area (Å²) in [6, 6.07) is 1.84. The highest BCUT2D eigenvalue weighted by molar-refractivity contribution is 7.84. The monoisotopic (exact) mass is 286 g/mol. The van der Waals surface area contributed by atoms with Crippen LogP contribution in [-0.4, -0.2) is 45.9 Å². The average Bonchev–Trinajstić information content (AvgIpc) is 2.36. The minimum absolute atomic E-state index is 0.0726. The summed E-state index contributed by atoms with van der Waals surface area (Å²) in [6.45, 7) is 5.71. The van der Waals surface area contributed by atoms with Crippen molar-refractivity contribution < 1.29 is 8.95 Å². The molecule has 2 unspecified atom stereocenters. The maximum Gasteiger partial charge on any atom is 0.158 e. The molecule has 1 aromatic rings. The van der Waals surface area contributed by atoms with Crippen LogP contribution in [0.15, 0.2) is 6.07 Å². The molecule has 0 bridgehead atoms. The van der Waals surface area contributed by atoms with E-state index >= 15 is 0 Å². The van der Waals surface area contributed by atoms with E-state index in [4.69, 9.17) is 4.74 Å². The smallest absolute Gasteiger partial charge is 0.158 e. The second kappa shape index (κ2) is 8.06. The molecule has 19 heavy (non-hydrogen) atoms. The second-order valence-corrected chi connectivity index (χ2v) is 6.01. The van der Waals surface area contributed by atoms with E-state index in [0.29, 0.717) is 19.0 Å². The van der Waals surface area contributed by atoms with Crippen LogP contribution in [-0.2, 0) is 22.1 Å². The molecule has 0 aliphatic rings. The van der Waals surface area contributed by atoms with Gasteiger partial charge in [0.2, 0.25) is 0 Å². The Kier molecular flexibility index (Phi) is 6.72. The Hall–Kier alpha value is -1.21. The molecule has 0 aliphatic carbocycles. The fourth-order valence-corrected chi connectivity index (χ4v) is 1.74. The van der Waals surface area contributed by atoms with Gasteiger partial charge in [-0.15, -0.1) is 0 Å². The first kappa shape index (κ1) is 15.8. The lowest BCUT2D eigenvalue weighted by Gasteiger charge is -2.13.